The summed E-state index contributed by atoms with van der Waals surface area (Å²) >= 11 is 0. The highest BCUT2D eigenvalue weighted by molar-refractivity contribution is 7.90. The van der Waals surface area contributed by atoms with E-state index in [4.69, 9.17) is 4.74 Å². The maximum Gasteiger partial charge on any atom is 0.286 e. The van der Waals surface area contributed by atoms with Gasteiger partial charge in [-0.05, 0) is 36.4 Å². The topological polar surface area (TPSA) is 67.8 Å². The molecule has 5 nitrogen and oxygen atoms in total. The van der Waals surface area contributed by atoms with Crippen LogP contribution >= 0.6 is 0 Å². The Hall–Kier alpha value is -2.34. The number of amidine groups is 1. The van der Waals surface area contributed by atoms with Crippen LogP contribution in [0.1, 0.15) is 5.56 Å². The summed E-state index contributed by atoms with van der Waals surface area (Å²) in [7, 11) is -2.09. The van der Waals surface area contributed by atoms with Crippen molar-refractivity contribution in [2.24, 2.45) is 4.40 Å². The Morgan fingerprint density at radius 1 is 1.05 bits per heavy atom. The van der Waals surface area contributed by atoms with Crippen LogP contribution in [0.3, 0.4) is 0 Å². The zero-order valence-electron chi connectivity index (χ0n) is 10.7. The van der Waals surface area contributed by atoms with Gasteiger partial charge < -0.3 is 10.1 Å². The number of benzene rings is 2. The predicted octanol–water partition coefficient (Wildman–Crippen LogP) is 2.26. The van der Waals surface area contributed by atoms with Gasteiger partial charge in [0.15, 0.2) is 5.84 Å². The monoisotopic (exact) mass is 288 g/mol. The van der Waals surface area contributed by atoms with Gasteiger partial charge in [-0.15, -0.1) is 4.40 Å². The lowest BCUT2D eigenvalue weighted by Crippen LogP contribution is -2.22. The largest absolute Gasteiger partial charge is 0.497 e. The van der Waals surface area contributed by atoms with Crippen LogP contribution in [-0.2, 0) is 10.0 Å². The smallest absolute Gasteiger partial charge is 0.286 e. The highest BCUT2D eigenvalue weighted by Gasteiger charge is 2.24. The van der Waals surface area contributed by atoms with Crippen LogP contribution in [0.2, 0.25) is 0 Å². The van der Waals surface area contributed by atoms with E-state index < -0.39 is 10.0 Å². The van der Waals surface area contributed by atoms with Crippen molar-refractivity contribution in [3.8, 4) is 5.75 Å². The number of sulfonamides is 1. The fraction of sp³-hybridized carbons (Fsp3) is 0.0714. The molecule has 1 N–H and O–H groups in total. The average molecular weight is 288 g/mol. The number of anilines is 1. The van der Waals surface area contributed by atoms with Gasteiger partial charge in [-0.2, -0.15) is 8.42 Å². The van der Waals surface area contributed by atoms with E-state index in [0.717, 1.165) is 0 Å². The number of methoxy groups -OCH3 is 1. The van der Waals surface area contributed by atoms with Crippen molar-refractivity contribution in [1.82, 2.24) is 0 Å². The lowest BCUT2D eigenvalue weighted by Gasteiger charge is -2.18. The zero-order chi connectivity index (χ0) is 14.2. The fourth-order valence-corrected chi connectivity index (χ4v) is 3.13. The molecule has 0 radical (unpaired) electrons. The van der Waals surface area contributed by atoms with E-state index in [-0.39, 0.29) is 4.90 Å². The summed E-state index contributed by atoms with van der Waals surface area (Å²) < 4.78 is 33.1. The van der Waals surface area contributed by atoms with E-state index in [2.05, 4.69) is 9.71 Å². The van der Waals surface area contributed by atoms with Crippen molar-refractivity contribution in [2.45, 2.75) is 4.90 Å². The fourth-order valence-electron chi connectivity index (χ4n) is 1.99. The second-order valence-corrected chi connectivity index (χ2v) is 5.84. The highest BCUT2D eigenvalue weighted by atomic mass is 32.2. The Bertz CT molecular complexity index is 780. The SMILES string of the molecule is COc1ccc(C2=NS(=O)(=O)c3ccccc3N2)cc1. The molecule has 0 amide bonds. The molecule has 2 aromatic rings. The van der Waals surface area contributed by atoms with Crippen LogP contribution in [0.5, 0.6) is 5.75 Å². The third-order valence-electron chi connectivity index (χ3n) is 2.99. The van der Waals surface area contributed by atoms with Gasteiger partial charge >= 0.3 is 0 Å². The summed E-state index contributed by atoms with van der Waals surface area (Å²) in [6, 6.07) is 13.7. The van der Waals surface area contributed by atoms with E-state index in [1.54, 1.807) is 49.6 Å². The Morgan fingerprint density at radius 2 is 1.75 bits per heavy atom. The summed E-state index contributed by atoms with van der Waals surface area (Å²) in [6.07, 6.45) is 0. The van der Waals surface area contributed by atoms with Gasteiger partial charge in [-0.25, -0.2) is 0 Å². The maximum absolute atomic E-state index is 12.1. The molecule has 1 heterocycles. The van der Waals surface area contributed by atoms with Gasteiger partial charge in [-0.3, -0.25) is 0 Å². The number of hydrogen-bond acceptors (Lipinski definition) is 4. The van der Waals surface area contributed by atoms with Crippen molar-refractivity contribution in [2.75, 3.05) is 12.4 Å². The molecule has 6 heteroatoms. The number of fused-ring (bicyclic) bond motifs is 1. The average Bonchev–Trinajstić information content (AvgIpc) is 2.47. The Morgan fingerprint density at radius 3 is 2.45 bits per heavy atom. The van der Waals surface area contributed by atoms with E-state index in [1.807, 2.05) is 0 Å². The minimum Gasteiger partial charge on any atom is -0.497 e. The van der Waals surface area contributed by atoms with Crippen LogP contribution in [0.15, 0.2) is 57.8 Å². The Balaban J connectivity index is 2.06. The molecule has 1 aliphatic rings. The van der Waals surface area contributed by atoms with Gasteiger partial charge in [0.25, 0.3) is 10.0 Å². The number of para-hydroxylation sites is 1. The van der Waals surface area contributed by atoms with Gasteiger partial charge in [-0.1, -0.05) is 12.1 Å². The summed E-state index contributed by atoms with van der Waals surface area (Å²) in [4.78, 5) is 0.192. The van der Waals surface area contributed by atoms with Gasteiger partial charge in [0, 0.05) is 5.56 Å². The molecular weight excluding hydrogens is 276 g/mol. The molecule has 0 aliphatic carbocycles. The molecule has 0 saturated carbocycles. The maximum atomic E-state index is 12.1. The molecule has 2 aromatic carbocycles. The van der Waals surface area contributed by atoms with Crippen molar-refractivity contribution < 1.29 is 13.2 Å². The van der Waals surface area contributed by atoms with Crippen LogP contribution in [-0.4, -0.2) is 21.4 Å². The van der Waals surface area contributed by atoms with E-state index in [9.17, 15) is 8.42 Å². The van der Waals surface area contributed by atoms with Gasteiger partial charge in [0.2, 0.25) is 0 Å². The van der Waals surface area contributed by atoms with Crippen molar-refractivity contribution >= 4 is 21.5 Å². The molecule has 0 bridgehead atoms. The standard InChI is InChI=1S/C14H12N2O3S/c1-19-11-8-6-10(7-9-11)14-15-12-4-2-3-5-13(12)20(17,18)16-14/h2-9H,1H3,(H,15,16). The molecule has 0 saturated heterocycles. The third-order valence-corrected chi connectivity index (χ3v) is 4.33. The minimum atomic E-state index is -3.66. The van der Waals surface area contributed by atoms with E-state index >= 15 is 0 Å². The number of rotatable bonds is 2. The summed E-state index contributed by atoms with van der Waals surface area (Å²) in [6.45, 7) is 0. The molecule has 0 unspecified atom stereocenters. The number of nitrogens with zero attached hydrogens (tertiary/aromatic N) is 1. The van der Waals surface area contributed by atoms with Crippen molar-refractivity contribution in [1.29, 1.82) is 0 Å². The molecule has 1 aliphatic heterocycles. The molecule has 102 valence electrons. The minimum absolute atomic E-state index is 0.192. The number of nitrogens with one attached hydrogen (secondary N) is 1. The first kappa shape index (κ1) is 12.7. The molecule has 0 fully saturated rings. The summed E-state index contributed by atoms with van der Waals surface area (Å²) in [5.41, 5.74) is 1.22. The van der Waals surface area contributed by atoms with Crippen molar-refractivity contribution in [3.63, 3.8) is 0 Å². The first-order valence-corrected chi connectivity index (χ1v) is 7.39. The zero-order valence-corrected chi connectivity index (χ0v) is 11.5. The first-order valence-electron chi connectivity index (χ1n) is 5.95. The van der Waals surface area contributed by atoms with Crippen molar-refractivity contribution in [3.05, 3.63) is 54.1 Å². The highest BCUT2D eigenvalue weighted by Crippen LogP contribution is 2.28. The number of hydrogen-bond donors (Lipinski definition) is 1. The quantitative estimate of drug-likeness (QED) is 0.920. The van der Waals surface area contributed by atoms with E-state index in [0.29, 0.717) is 22.8 Å². The molecule has 0 atom stereocenters. The predicted molar refractivity (Wildman–Crippen MR) is 76.8 cm³/mol. The van der Waals surface area contributed by atoms with Crippen LogP contribution in [0.4, 0.5) is 5.69 Å². The second-order valence-electron chi connectivity index (χ2n) is 4.26. The molecular formula is C14H12N2O3S. The third kappa shape index (κ3) is 2.14. The lowest BCUT2D eigenvalue weighted by molar-refractivity contribution is 0.415. The summed E-state index contributed by atoms with van der Waals surface area (Å²) in [5.74, 6) is 1.01. The molecule has 0 aromatic heterocycles. The van der Waals surface area contributed by atoms with Crippen LogP contribution < -0.4 is 10.1 Å². The summed E-state index contributed by atoms with van der Waals surface area (Å²) in [5, 5.41) is 3.04. The Kier molecular flexibility index (Phi) is 2.94. The molecule has 20 heavy (non-hydrogen) atoms. The van der Waals surface area contributed by atoms with Crippen LogP contribution in [0.25, 0.3) is 0 Å². The normalized spacial score (nSPS) is 15.8. The Labute approximate surface area is 117 Å². The van der Waals surface area contributed by atoms with Crippen LogP contribution in [0, 0.1) is 0 Å². The first-order chi connectivity index (χ1) is 9.60. The lowest BCUT2D eigenvalue weighted by atomic mass is 10.2. The number of ether oxygens (including phenoxy) is 1. The van der Waals surface area contributed by atoms with E-state index in [1.165, 1.54) is 6.07 Å². The second kappa shape index (κ2) is 4.64. The molecule has 3 rings (SSSR count). The molecule has 0 spiro atoms. The van der Waals surface area contributed by atoms with Gasteiger partial charge in [0.05, 0.1) is 12.8 Å². The van der Waals surface area contributed by atoms with Gasteiger partial charge in [0.1, 0.15) is 10.6 Å².